The molecule has 3 aliphatic carbocycles. The number of hydrogen-bond acceptors (Lipinski definition) is 4. The van der Waals surface area contributed by atoms with Crippen molar-refractivity contribution in [2.75, 3.05) is 13.2 Å². The Bertz CT molecular complexity index is 611. The molecule has 190 valence electrons. The smallest absolute Gasteiger partial charge is 0.309 e. The summed E-state index contributed by atoms with van der Waals surface area (Å²) in [5, 5.41) is 0. The van der Waals surface area contributed by atoms with Crippen molar-refractivity contribution in [3.05, 3.63) is 0 Å². The minimum atomic E-state index is -0.329. The van der Waals surface area contributed by atoms with E-state index in [-0.39, 0.29) is 23.8 Å². The number of rotatable bonds is 8. The van der Waals surface area contributed by atoms with Gasteiger partial charge < -0.3 is 9.47 Å². The van der Waals surface area contributed by atoms with E-state index in [2.05, 4.69) is 34.6 Å². The van der Waals surface area contributed by atoms with Gasteiger partial charge in [0.05, 0.1) is 25.0 Å². The zero-order valence-corrected chi connectivity index (χ0v) is 22.0. The Morgan fingerprint density at radius 1 is 0.636 bits per heavy atom. The highest BCUT2D eigenvalue weighted by Crippen LogP contribution is 2.38. The van der Waals surface area contributed by atoms with Crippen LogP contribution < -0.4 is 0 Å². The Balaban J connectivity index is 1.45. The first-order valence-corrected chi connectivity index (χ1v) is 14.1. The molecular formula is C29H50O4. The SMILES string of the molecule is CC1CCC(C(=O)OCC2CCC(C(C)C)CC2)C(C(=O)OCC2CCC(C(C)C)CC2)C1. The zero-order chi connectivity index (χ0) is 24.0. The van der Waals surface area contributed by atoms with Crippen LogP contribution in [0.1, 0.15) is 105 Å². The van der Waals surface area contributed by atoms with Gasteiger partial charge in [-0.15, -0.1) is 0 Å². The summed E-state index contributed by atoms with van der Waals surface area (Å²) in [5.41, 5.74) is 0. The Labute approximate surface area is 202 Å². The maximum Gasteiger partial charge on any atom is 0.309 e. The Kier molecular flexibility index (Phi) is 10.1. The second-order valence-electron chi connectivity index (χ2n) is 12.4. The van der Waals surface area contributed by atoms with E-state index >= 15 is 0 Å². The average Bonchev–Trinajstić information content (AvgIpc) is 2.81. The Morgan fingerprint density at radius 3 is 1.48 bits per heavy atom. The van der Waals surface area contributed by atoms with Crippen LogP contribution in [0.2, 0.25) is 0 Å². The van der Waals surface area contributed by atoms with Crippen molar-refractivity contribution in [2.24, 2.45) is 53.3 Å². The van der Waals surface area contributed by atoms with E-state index in [4.69, 9.17) is 9.47 Å². The van der Waals surface area contributed by atoms with Crippen LogP contribution in [0.5, 0.6) is 0 Å². The quantitative estimate of drug-likeness (QED) is 0.363. The van der Waals surface area contributed by atoms with Gasteiger partial charge in [0.2, 0.25) is 0 Å². The lowest BCUT2D eigenvalue weighted by Crippen LogP contribution is -2.38. The van der Waals surface area contributed by atoms with Gasteiger partial charge in [-0.2, -0.15) is 0 Å². The van der Waals surface area contributed by atoms with Gasteiger partial charge in [0.1, 0.15) is 0 Å². The Morgan fingerprint density at radius 2 is 1.06 bits per heavy atom. The first-order chi connectivity index (χ1) is 15.7. The first kappa shape index (κ1) is 26.5. The van der Waals surface area contributed by atoms with Gasteiger partial charge in [0.15, 0.2) is 0 Å². The number of esters is 2. The fraction of sp³-hybridized carbons (Fsp3) is 0.931. The zero-order valence-electron chi connectivity index (χ0n) is 22.0. The molecule has 4 nitrogen and oxygen atoms in total. The molecule has 0 saturated heterocycles. The number of ether oxygens (including phenoxy) is 2. The minimum absolute atomic E-state index is 0.160. The molecule has 0 N–H and O–H groups in total. The third-order valence-corrected chi connectivity index (χ3v) is 9.31. The fourth-order valence-corrected chi connectivity index (χ4v) is 6.58. The van der Waals surface area contributed by atoms with Crippen molar-refractivity contribution in [2.45, 2.75) is 105 Å². The molecule has 0 radical (unpaired) electrons. The third-order valence-electron chi connectivity index (χ3n) is 9.31. The molecule has 3 saturated carbocycles. The third kappa shape index (κ3) is 7.72. The topological polar surface area (TPSA) is 52.6 Å². The van der Waals surface area contributed by atoms with Gasteiger partial charge in [-0.1, -0.05) is 34.6 Å². The molecular weight excluding hydrogens is 412 g/mol. The lowest BCUT2D eigenvalue weighted by atomic mass is 9.74. The summed E-state index contributed by atoms with van der Waals surface area (Å²) in [6, 6.07) is 0. The van der Waals surface area contributed by atoms with Gasteiger partial charge in [0, 0.05) is 0 Å². The van der Waals surface area contributed by atoms with Crippen LogP contribution in [0.4, 0.5) is 0 Å². The number of hydrogen-bond donors (Lipinski definition) is 0. The monoisotopic (exact) mass is 462 g/mol. The van der Waals surface area contributed by atoms with Crippen molar-refractivity contribution < 1.29 is 19.1 Å². The van der Waals surface area contributed by atoms with Crippen LogP contribution in [-0.4, -0.2) is 25.2 Å². The molecule has 3 aliphatic rings. The van der Waals surface area contributed by atoms with Crippen molar-refractivity contribution in [1.82, 2.24) is 0 Å². The van der Waals surface area contributed by atoms with E-state index in [0.29, 0.717) is 31.0 Å². The molecule has 0 aliphatic heterocycles. The fourth-order valence-electron chi connectivity index (χ4n) is 6.58. The Hall–Kier alpha value is -1.06. The number of carbonyl (C=O) groups excluding carboxylic acids is 2. The number of carbonyl (C=O) groups is 2. The highest BCUT2D eigenvalue weighted by atomic mass is 16.5. The van der Waals surface area contributed by atoms with Crippen LogP contribution in [0, 0.1) is 53.3 Å². The van der Waals surface area contributed by atoms with E-state index < -0.39 is 0 Å². The standard InChI is InChI=1S/C29H50O4/c1-19(2)24-11-7-22(8-12-24)17-32-28(30)26-15-6-21(5)16-27(26)29(31)33-18-23-9-13-25(14-10-23)20(3)4/h19-27H,6-18H2,1-5H3. The second-order valence-corrected chi connectivity index (χ2v) is 12.4. The summed E-state index contributed by atoms with van der Waals surface area (Å²) in [5.74, 6) is 3.58. The van der Waals surface area contributed by atoms with Gasteiger partial charge in [-0.3, -0.25) is 9.59 Å². The molecule has 3 unspecified atom stereocenters. The summed E-state index contributed by atoms with van der Waals surface area (Å²) < 4.78 is 11.6. The molecule has 3 rings (SSSR count). The molecule has 3 atom stereocenters. The molecule has 0 bridgehead atoms. The summed E-state index contributed by atoms with van der Waals surface area (Å²) in [4.78, 5) is 26.1. The van der Waals surface area contributed by atoms with Gasteiger partial charge in [-0.25, -0.2) is 0 Å². The predicted molar refractivity (Wildman–Crippen MR) is 132 cm³/mol. The molecule has 0 aromatic heterocycles. The van der Waals surface area contributed by atoms with Crippen LogP contribution >= 0.6 is 0 Å². The largest absolute Gasteiger partial charge is 0.465 e. The maximum absolute atomic E-state index is 13.0. The van der Waals surface area contributed by atoms with E-state index in [9.17, 15) is 9.59 Å². The molecule has 4 heteroatoms. The van der Waals surface area contributed by atoms with Crippen LogP contribution in [0.25, 0.3) is 0 Å². The van der Waals surface area contributed by atoms with Crippen molar-refractivity contribution in [3.63, 3.8) is 0 Å². The highest BCUT2D eigenvalue weighted by Gasteiger charge is 2.40. The van der Waals surface area contributed by atoms with Crippen molar-refractivity contribution >= 4 is 11.9 Å². The first-order valence-electron chi connectivity index (χ1n) is 14.1. The minimum Gasteiger partial charge on any atom is -0.465 e. The summed E-state index contributed by atoms with van der Waals surface area (Å²) in [6.45, 7) is 12.5. The van der Waals surface area contributed by atoms with E-state index in [1.54, 1.807) is 0 Å². The van der Waals surface area contributed by atoms with Gasteiger partial charge >= 0.3 is 11.9 Å². The average molecular weight is 463 g/mol. The van der Waals surface area contributed by atoms with Gasteiger partial charge in [0.25, 0.3) is 0 Å². The van der Waals surface area contributed by atoms with Gasteiger partial charge in [-0.05, 0) is 112 Å². The summed E-state index contributed by atoms with van der Waals surface area (Å²) in [7, 11) is 0. The summed E-state index contributed by atoms with van der Waals surface area (Å²) >= 11 is 0. The van der Waals surface area contributed by atoms with Crippen molar-refractivity contribution in [1.29, 1.82) is 0 Å². The lowest BCUT2D eigenvalue weighted by molar-refractivity contribution is -0.165. The van der Waals surface area contributed by atoms with Crippen LogP contribution in [0.3, 0.4) is 0 Å². The molecule has 0 amide bonds. The molecule has 0 heterocycles. The van der Waals surface area contributed by atoms with E-state index in [1.807, 2.05) is 0 Å². The predicted octanol–water partition coefficient (Wildman–Crippen LogP) is 7.05. The maximum atomic E-state index is 13.0. The van der Waals surface area contributed by atoms with Crippen LogP contribution in [-0.2, 0) is 19.1 Å². The highest BCUT2D eigenvalue weighted by molar-refractivity contribution is 5.82. The molecule has 33 heavy (non-hydrogen) atoms. The molecule has 0 spiro atoms. The molecule has 0 aromatic rings. The lowest BCUT2D eigenvalue weighted by Gasteiger charge is -2.34. The molecule has 0 aromatic carbocycles. The molecule has 3 fully saturated rings. The summed E-state index contributed by atoms with van der Waals surface area (Å²) in [6.07, 6.45) is 12.1. The van der Waals surface area contributed by atoms with E-state index in [0.717, 1.165) is 68.6 Å². The van der Waals surface area contributed by atoms with Crippen LogP contribution in [0.15, 0.2) is 0 Å². The second kappa shape index (κ2) is 12.6. The van der Waals surface area contributed by atoms with E-state index in [1.165, 1.54) is 25.7 Å². The normalized spacial score (nSPS) is 35.4. The van der Waals surface area contributed by atoms with Crippen molar-refractivity contribution in [3.8, 4) is 0 Å².